The number of rotatable bonds is 2. The minimum Gasteiger partial charge on any atom is -0.457 e. The molecule has 16 heavy (non-hydrogen) atoms. The fourth-order valence-electron chi connectivity index (χ4n) is 1.27. The van der Waals surface area contributed by atoms with E-state index >= 15 is 0 Å². The second-order valence-corrected chi connectivity index (χ2v) is 4.63. The summed E-state index contributed by atoms with van der Waals surface area (Å²) in [5.41, 5.74) is 0.778. The van der Waals surface area contributed by atoms with Gasteiger partial charge in [0, 0.05) is 10.6 Å². The quantitative estimate of drug-likeness (QED) is 0.758. The van der Waals surface area contributed by atoms with Crippen molar-refractivity contribution in [3.05, 3.63) is 56.4 Å². The van der Waals surface area contributed by atoms with Gasteiger partial charge in [0.2, 0.25) is 0 Å². The van der Waals surface area contributed by atoms with Gasteiger partial charge in [-0.1, -0.05) is 23.2 Å². The highest BCUT2D eigenvalue weighted by Crippen LogP contribution is 2.26. The topological polar surface area (TPSA) is 30.2 Å². The van der Waals surface area contributed by atoms with Crippen LogP contribution in [0.2, 0.25) is 10.0 Å². The molecule has 0 spiro atoms. The Morgan fingerprint density at radius 2 is 1.94 bits per heavy atom. The minimum absolute atomic E-state index is 0.229. The number of halogens is 3. The SMILES string of the molecule is O=C(c1cc(Cl)ccc1Cl)c1ccoc1Br. The molecule has 0 aliphatic rings. The molecule has 0 aliphatic heterocycles. The van der Waals surface area contributed by atoms with E-state index in [9.17, 15) is 4.79 Å². The highest BCUT2D eigenvalue weighted by molar-refractivity contribution is 9.10. The van der Waals surface area contributed by atoms with E-state index < -0.39 is 0 Å². The summed E-state index contributed by atoms with van der Waals surface area (Å²) in [6.45, 7) is 0. The molecule has 0 saturated carbocycles. The molecule has 2 nitrogen and oxygen atoms in total. The van der Waals surface area contributed by atoms with Crippen molar-refractivity contribution < 1.29 is 9.21 Å². The molecule has 0 saturated heterocycles. The predicted octanol–water partition coefficient (Wildman–Crippen LogP) is 4.58. The van der Waals surface area contributed by atoms with Gasteiger partial charge in [-0.25, -0.2) is 0 Å². The number of hydrogen-bond acceptors (Lipinski definition) is 2. The van der Waals surface area contributed by atoms with E-state index in [1.165, 1.54) is 12.3 Å². The number of hydrogen-bond donors (Lipinski definition) is 0. The molecule has 1 aromatic carbocycles. The first-order valence-corrected chi connectivity index (χ1v) is 5.87. The standard InChI is InChI=1S/C11H5BrCl2O2/c12-11-7(3-4-16-11)10(15)8-5-6(13)1-2-9(8)14/h1-5H. The lowest BCUT2D eigenvalue weighted by atomic mass is 10.1. The van der Waals surface area contributed by atoms with Crippen LogP contribution in [-0.4, -0.2) is 5.78 Å². The van der Waals surface area contributed by atoms with Crippen molar-refractivity contribution in [2.24, 2.45) is 0 Å². The first-order valence-electron chi connectivity index (χ1n) is 4.32. The Morgan fingerprint density at radius 3 is 2.56 bits per heavy atom. The molecule has 5 heteroatoms. The van der Waals surface area contributed by atoms with Crippen molar-refractivity contribution in [2.75, 3.05) is 0 Å². The molecule has 0 radical (unpaired) electrons. The monoisotopic (exact) mass is 318 g/mol. The van der Waals surface area contributed by atoms with Crippen LogP contribution in [0.5, 0.6) is 0 Å². The van der Waals surface area contributed by atoms with E-state index in [0.29, 0.717) is 25.8 Å². The summed E-state index contributed by atoms with van der Waals surface area (Å²) < 4.78 is 5.38. The zero-order valence-electron chi connectivity index (χ0n) is 7.84. The summed E-state index contributed by atoms with van der Waals surface area (Å²) in [5.74, 6) is -0.229. The van der Waals surface area contributed by atoms with E-state index in [2.05, 4.69) is 15.9 Å². The number of benzene rings is 1. The third kappa shape index (κ3) is 2.17. The second kappa shape index (κ2) is 4.62. The van der Waals surface area contributed by atoms with Crippen LogP contribution < -0.4 is 0 Å². The zero-order chi connectivity index (χ0) is 11.7. The van der Waals surface area contributed by atoms with Gasteiger partial charge in [-0.05, 0) is 40.2 Å². The summed E-state index contributed by atoms with van der Waals surface area (Å²) in [6, 6.07) is 6.32. The average Bonchev–Trinajstić information content (AvgIpc) is 2.67. The summed E-state index contributed by atoms with van der Waals surface area (Å²) in [5, 5.41) is 0.829. The summed E-state index contributed by atoms with van der Waals surface area (Å²) >= 11 is 14.9. The van der Waals surface area contributed by atoms with E-state index in [-0.39, 0.29) is 5.78 Å². The van der Waals surface area contributed by atoms with Crippen molar-refractivity contribution >= 4 is 44.9 Å². The Kier molecular flexibility index (Phi) is 3.38. The summed E-state index contributed by atoms with van der Waals surface area (Å²) in [4.78, 5) is 12.1. The van der Waals surface area contributed by atoms with Crippen LogP contribution >= 0.6 is 39.1 Å². The number of ketones is 1. The van der Waals surface area contributed by atoms with Gasteiger partial charge in [-0.15, -0.1) is 0 Å². The lowest BCUT2D eigenvalue weighted by molar-refractivity contribution is 0.103. The maximum absolute atomic E-state index is 12.1. The van der Waals surface area contributed by atoms with Gasteiger partial charge in [-0.3, -0.25) is 4.79 Å². The van der Waals surface area contributed by atoms with E-state index in [1.807, 2.05) is 0 Å². The molecule has 0 fully saturated rings. The Labute approximate surface area is 110 Å². The lowest BCUT2D eigenvalue weighted by Crippen LogP contribution is -2.01. The molecule has 1 heterocycles. The van der Waals surface area contributed by atoms with Gasteiger partial charge in [0.1, 0.15) is 0 Å². The molecule has 1 aromatic heterocycles. The zero-order valence-corrected chi connectivity index (χ0v) is 10.9. The highest BCUT2D eigenvalue weighted by atomic mass is 79.9. The highest BCUT2D eigenvalue weighted by Gasteiger charge is 2.17. The minimum atomic E-state index is -0.229. The molecule has 0 aliphatic carbocycles. The first-order chi connectivity index (χ1) is 7.59. The van der Waals surface area contributed by atoms with Crippen molar-refractivity contribution in [1.29, 1.82) is 0 Å². The third-order valence-corrected chi connectivity index (χ3v) is 3.21. The number of carbonyl (C=O) groups is 1. The molecule has 2 aromatic rings. The number of carbonyl (C=O) groups excluding carboxylic acids is 1. The van der Waals surface area contributed by atoms with Crippen LogP contribution in [0.3, 0.4) is 0 Å². The molecule has 2 rings (SSSR count). The van der Waals surface area contributed by atoms with Crippen LogP contribution in [0.4, 0.5) is 0 Å². The molecule has 82 valence electrons. The molecular weight excluding hydrogens is 315 g/mol. The molecule has 0 amide bonds. The van der Waals surface area contributed by atoms with Crippen LogP contribution in [0.1, 0.15) is 15.9 Å². The van der Waals surface area contributed by atoms with Crippen molar-refractivity contribution in [1.82, 2.24) is 0 Å². The molecular formula is C11H5BrCl2O2. The van der Waals surface area contributed by atoms with Crippen molar-refractivity contribution in [3.8, 4) is 0 Å². The first kappa shape index (κ1) is 11.7. The van der Waals surface area contributed by atoms with Gasteiger partial charge in [0.15, 0.2) is 10.5 Å². The fourth-order valence-corrected chi connectivity index (χ4v) is 2.07. The van der Waals surface area contributed by atoms with Crippen molar-refractivity contribution in [3.63, 3.8) is 0 Å². The van der Waals surface area contributed by atoms with Crippen molar-refractivity contribution in [2.45, 2.75) is 0 Å². The van der Waals surface area contributed by atoms with Gasteiger partial charge < -0.3 is 4.42 Å². The van der Waals surface area contributed by atoms with Gasteiger partial charge in [0.25, 0.3) is 0 Å². The Bertz CT molecular complexity index is 549. The van der Waals surface area contributed by atoms with E-state index in [4.69, 9.17) is 27.6 Å². The van der Waals surface area contributed by atoms with Crippen LogP contribution in [0.25, 0.3) is 0 Å². The van der Waals surface area contributed by atoms with Crippen LogP contribution in [-0.2, 0) is 0 Å². The van der Waals surface area contributed by atoms with E-state index in [1.54, 1.807) is 18.2 Å². The van der Waals surface area contributed by atoms with Gasteiger partial charge in [0.05, 0.1) is 16.8 Å². The summed E-state index contributed by atoms with van der Waals surface area (Å²) in [6.07, 6.45) is 1.43. The maximum atomic E-state index is 12.1. The van der Waals surface area contributed by atoms with Gasteiger partial charge in [-0.2, -0.15) is 0 Å². The molecule has 0 atom stereocenters. The lowest BCUT2D eigenvalue weighted by Gasteiger charge is -2.02. The van der Waals surface area contributed by atoms with Crippen LogP contribution in [0, 0.1) is 0 Å². The normalized spacial score (nSPS) is 10.4. The Balaban J connectivity index is 2.49. The molecule has 0 unspecified atom stereocenters. The largest absolute Gasteiger partial charge is 0.457 e. The smallest absolute Gasteiger partial charge is 0.199 e. The van der Waals surface area contributed by atoms with E-state index in [0.717, 1.165) is 0 Å². The maximum Gasteiger partial charge on any atom is 0.199 e. The molecule has 0 N–H and O–H groups in total. The molecule has 0 bridgehead atoms. The second-order valence-electron chi connectivity index (χ2n) is 3.06. The summed E-state index contributed by atoms with van der Waals surface area (Å²) in [7, 11) is 0. The van der Waals surface area contributed by atoms with Gasteiger partial charge >= 0.3 is 0 Å². The van der Waals surface area contributed by atoms with Crippen LogP contribution in [0.15, 0.2) is 39.6 Å². The predicted molar refractivity (Wildman–Crippen MR) is 66.3 cm³/mol. The Morgan fingerprint density at radius 1 is 1.19 bits per heavy atom. The third-order valence-electron chi connectivity index (χ3n) is 2.04. The number of furan rings is 1. The Hall–Kier alpha value is -0.770. The average molecular weight is 320 g/mol. The fraction of sp³-hybridized carbons (Fsp3) is 0.